The second kappa shape index (κ2) is 5.58. The largest absolute Gasteiger partial charge is 0.328 e. The fraction of sp³-hybridized carbons (Fsp3) is 0.667. The van der Waals surface area contributed by atoms with Gasteiger partial charge in [-0.3, -0.25) is 4.21 Å². The van der Waals surface area contributed by atoms with Crippen LogP contribution in [-0.4, -0.2) is 35.0 Å². The highest BCUT2D eigenvalue weighted by Crippen LogP contribution is 2.19. The third-order valence-corrected chi connectivity index (χ3v) is 5.15. The first-order chi connectivity index (χ1) is 8.95. The van der Waals surface area contributed by atoms with Gasteiger partial charge in [-0.1, -0.05) is 6.92 Å². The minimum absolute atomic E-state index is 0.172. The average molecular weight is 300 g/mol. The molecule has 5 nitrogen and oxygen atoms in total. The highest BCUT2D eigenvalue weighted by atomic mass is 32.2. The maximum atomic E-state index is 11.4. The summed E-state index contributed by atoms with van der Waals surface area (Å²) in [5, 5.41) is 4.66. The average Bonchev–Trinajstić information content (AvgIpc) is 2.84. The van der Waals surface area contributed by atoms with E-state index in [2.05, 4.69) is 21.6 Å². The Morgan fingerprint density at radius 3 is 2.79 bits per heavy atom. The van der Waals surface area contributed by atoms with Crippen molar-refractivity contribution in [3.63, 3.8) is 0 Å². The Kier molecular flexibility index (Phi) is 4.25. The summed E-state index contributed by atoms with van der Waals surface area (Å²) in [4.78, 5) is 3.22. The third kappa shape index (κ3) is 2.67. The van der Waals surface area contributed by atoms with E-state index >= 15 is 0 Å². The van der Waals surface area contributed by atoms with Gasteiger partial charge in [-0.2, -0.15) is 5.10 Å². The second-order valence-electron chi connectivity index (χ2n) is 4.78. The van der Waals surface area contributed by atoms with Crippen molar-refractivity contribution in [1.29, 1.82) is 0 Å². The number of fused-ring (bicyclic) bond motifs is 1. The number of aryl methyl sites for hydroxylation is 3. The van der Waals surface area contributed by atoms with Crippen molar-refractivity contribution in [3.05, 3.63) is 10.5 Å². The quantitative estimate of drug-likeness (QED) is 0.863. The Morgan fingerprint density at radius 1 is 1.53 bits per heavy atom. The minimum Gasteiger partial charge on any atom is -0.328 e. The SMILES string of the molecule is CCn1nc(C)c2[nH]c(=S)n(CCC(C)S(C)=O)c21. The Morgan fingerprint density at radius 2 is 2.21 bits per heavy atom. The predicted molar refractivity (Wildman–Crippen MR) is 81.5 cm³/mol. The molecule has 2 aromatic heterocycles. The molecule has 1 N–H and O–H groups in total. The number of rotatable bonds is 5. The molecule has 19 heavy (non-hydrogen) atoms. The third-order valence-electron chi connectivity index (χ3n) is 3.46. The van der Waals surface area contributed by atoms with Crippen LogP contribution in [0, 0.1) is 11.7 Å². The van der Waals surface area contributed by atoms with E-state index in [1.807, 2.05) is 18.5 Å². The summed E-state index contributed by atoms with van der Waals surface area (Å²) in [6.07, 6.45) is 2.59. The zero-order valence-electron chi connectivity index (χ0n) is 11.8. The van der Waals surface area contributed by atoms with Crippen LogP contribution in [0.2, 0.25) is 0 Å². The van der Waals surface area contributed by atoms with Gasteiger partial charge in [0.15, 0.2) is 10.4 Å². The minimum atomic E-state index is -0.794. The normalized spacial score (nSPS) is 14.9. The predicted octanol–water partition coefficient (Wildman–Crippen LogP) is 2.38. The van der Waals surface area contributed by atoms with Crippen molar-refractivity contribution in [1.82, 2.24) is 19.3 Å². The van der Waals surface area contributed by atoms with Crippen LogP contribution in [0.4, 0.5) is 0 Å². The fourth-order valence-corrected chi connectivity index (χ4v) is 2.88. The number of hydrogen-bond acceptors (Lipinski definition) is 3. The maximum absolute atomic E-state index is 11.4. The van der Waals surface area contributed by atoms with Crippen LogP contribution in [0.15, 0.2) is 0 Å². The van der Waals surface area contributed by atoms with Crippen LogP contribution in [-0.2, 0) is 23.9 Å². The Labute approximate surface area is 120 Å². The monoisotopic (exact) mass is 300 g/mol. The molecular weight excluding hydrogens is 280 g/mol. The number of imidazole rings is 1. The molecule has 2 unspecified atom stereocenters. The number of aromatic amines is 1. The molecule has 7 heteroatoms. The molecule has 2 rings (SSSR count). The number of nitrogens with one attached hydrogen (secondary N) is 1. The van der Waals surface area contributed by atoms with E-state index in [9.17, 15) is 4.21 Å². The van der Waals surface area contributed by atoms with E-state index in [0.717, 1.165) is 36.4 Å². The molecule has 2 heterocycles. The van der Waals surface area contributed by atoms with Gasteiger partial charge in [-0.25, -0.2) is 4.68 Å². The van der Waals surface area contributed by atoms with Gasteiger partial charge in [0.25, 0.3) is 0 Å². The highest BCUT2D eigenvalue weighted by Gasteiger charge is 2.15. The fourth-order valence-electron chi connectivity index (χ4n) is 2.17. The molecule has 0 radical (unpaired) electrons. The molecule has 0 saturated heterocycles. The first kappa shape index (κ1) is 14.5. The van der Waals surface area contributed by atoms with Crippen LogP contribution in [0.1, 0.15) is 26.0 Å². The van der Waals surface area contributed by atoms with Crippen molar-refractivity contribution in [3.8, 4) is 0 Å². The zero-order chi connectivity index (χ0) is 14.2. The van der Waals surface area contributed by atoms with E-state index in [1.54, 1.807) is 6.26 Å². The smallest absolute Gasteiger partial charge is 0.179 e. The van der Waals surface area contributed by atoms with Crippen molar-refractivity contribution in [2.24, 2.45) is 0 Å². The van der Waals surface area contributed by atoms with E-state index in [1.165, 1.54) is 0 Å². The van der Waals surface area contributed by atoms with E-state index < -0.39 is 10.8 Å². The Hall–Kier alpha value is -0.950. The number of aromatic nitrogens is 4. The van der Waals surface area contributed by atoms with Gasteiger partial charge < -0.3 is 9.55 Å². The summed E-state index contributed by atoms with van der Waals surface area (Å²) in [5.41, 5.74) is 3.02. The molecule has 0 amide bonds. The second-order valence-corrected chi connectivity index (χ2v) is 6.97. The lowest BCUT2D eigenvalue weighted by molar-refractivity contribution is 0.594. The van der Waals surface area contributed by atoms with Crippen LogP contribution in [0.3, 0.4) is 0 Å². The molecule has 0 spiro atoms. The summed E-state index contributed by atoms with van der Waals surface area (Å²) >= 11 is 5.38. The van der Waals surface area contributed by atoms with Gasteiger partial charge in [0.2, 0.25) is 0 Å². The molecule has 0 aromatic carbocycles. The van der Waals surface area contributed by atoms with E-state index in [-0.39, 0.29) is 5.25 Å². The summed E-state index contributed by atoms with van der Waals surface area (Å²) in [6.45, 7) is 7.63. The zero-order valence-corrected chi connectivity index (χ0v) is 13.4. The summed E-state index contributed by atoms with van der Waals surface area (Å²) in [6, 6.07) is 0. The Bertz CT molecular complexity index is 667. The van der Waals surface area contributed by atoms with Crippen LogP contribution in [0.25, 0.3) is 11.2 Å². The number of hydrogen-bond donors (Lipinski definition) is 1. The molecule has 2 atom stereocenters. The van der Waals surface area contributed by atoms with Crippen LogP contribution in [0.5, 0.6) is 0 Å². The van der Waals surface area contributed by atoms with Gasteiger partial charge in [0.05, 0.1) is 5.69 Å². The molecule has 0 fully saturated rings. The lowest BCUT2D eigenvalue weighted by atomic mass is 10.3. The van der Waals surface area contributed by atoms with Gasteiger partial charge in [0, 0.05) is 35.4 Å². The van der Waals surface area contributed by atoms with Crippen molar-refractivity contribution < 1.29 is 4.21 Å². The molecule has 0 aliphatic carbocycles. The summed E-state index contributed by atoms with van der Waals surface area (Å²) in [7, 11) is -0.794. The van der Waals surface area contributed by atoms with Gasteiger partial charge >= 0.3 is 0 Å². The number of nitrogens with zero attached hydrogens (tertiary/aromatic N) is 3. The topological polar surface area (TPSA) is 55.6 Å². The molecule has 0 bridgehead atoms. The van der Waals surface area contributed by atoms with Crippen molar-refractivity contribution >= 4 is 34.2 Å². The summed E-state index contributed by atoms with van der Waals surface area (Å²) in [5.74, 6) is 0. The van der Waals surface area contributed by atoms with Crippen LogP contribution >= 0.6 is 12.2 Å². The molecule has 0 aliphatic rings. The van der Waals surface area contributed by atoms with Crippen molar-refractivity contribution in [2.45, 2.75) is 45.5 Å². The highest BCUT2D eigenvalue weighted by molar-refractivity contribution is 7.84. The first-order valence-electron chi connectivity index (χ1n) is 6.43. The van der Waals surface area contributed by atoms with E-state index in [0.29, 0.717) is 4.77 Å². The van der Waals surface area contributed by atoms with Crippen molar-refractivity contribution in [2.75, 3.05) is 6.26 Å². The number of H-pyrrole nitrogens is 1. The standard InChI is InChI=1S/C12H20N4OS2/c1-5-16-11-10(9(3)14-16)13-12(18)15(11)7-6-8(2)19(4)17/h8H,5-7H2,1-4H3,(H,13,18). The first-order valence-corrected chi connectivity index (χ1v) is 8.46. The molecular formula is C12H20N4OS2. The molecule has 106 valence electrons. The molecule has 2 aromatic rings. The van der Waals surface area contributed by atoms with E-state index in [4.69, 9.17) is 12.2 Å². The van der Waals surface area contributed by atoms with Gasteiger partial charge in [-0.05, 0) is 32.5 Å². The van der Waals surface area contributed by atoms with Gasteiger partial charge in [-0.15, -0.1) is 0 Å². The Balaban J connectivity index is 2.39. The lowest BCUT2D eigenvalue weighted by Crippen LogP contribution is -2.14. The lowest BCUT2D eigenvalue weighted by Gasteiger charge is -2.10. The van der Waals surface area contributed by atoms with Crippen LogP contribution < -0.4 is 0 Å². The maximum Gasteiger partial charge on any atom is 0.179 e. The summed E-state index contributed by atoms with van der Waals surface area (Å²) < 4.78 is 16.2. The molecule has 0 aliphatic heterocycles. The van der Waals surface area contributed by atoms with Gasteiger partial charge in [0.1, 0.15) is 5.52 Å². The molecule has 0 saturated carbocycles.